The molecule has 132 valence electrons. The molecule has 2 aromatic carbocycles. The molecule has 26 heavy (non-hydrogen) atoms. The molecule has 1 atom stereocenters. The molecule has 0 unspecified atom stereocenters. The zero-order chi connectivity index (χ0) is 18.5. The number of nitrogens with one attached hydrogen (secondary N) is 2. The second kappa shape index (κ2) is 5.55. The average molecular weight is 355 g/mol. The van der Waals surface area contributed by atoms with Gasteiger partial charge in [0, 0.05) is 12.1 Å². The van der Waals surface area contributed by atoms with Crippen molar-refractivity contribution in [2.75, 3.05) is 6.54 Å². The van der Waals surface area contributed by atoms with E-state index in [0.717, 1.165) is 0 Å². The van der Waals surface area contributed by atoms with Gasteiger partial charge in [-0.2, -0.15) is 0 Å². The number of urea groups is 1. The van der Waals surface area contributed by atoms with Crippen molar-refractivity contribution in [2.45, 2.75) is 12.1 Å². The zero-order valence-electron chi connectivity index (χ0n) is 13.5. The molecule has 0 bridgehead atoms. The predicted molar refractivity (Wildman–Crippen MR) is 87.6 cm³/mol. The van der Waals surface area contributed by atoms with Crippen molar-refractivity contribution in [1.29, 1.82) is 0 Å². The van der Waals surface area contributed by atoms with Gasteiger partial charge in [-0.15, -0.1) is 0 Å². The van der Waals surface area contributed by atoms with Gasteiger partial charge in [0.15, 0.2) is 5.54 Å². The standard InChI is InChI=1S/C18H14FN3O4/c19-12-3-1-11(2-4-12)18(16(25)20-17(26)21-18)9-22-8-10-7-13(23)5-6-14(10)15(22)24/h1-7,23H,8-9H2,(H2,20,21,25,26)/t18-/m1/s1. The number of fused-ring (bicyclic) bond motifs is 1. The molecule has 2 aromatic rings. The van der Waals surface area contributed by atoms with Crippen LogP contribution in [0.1, 0.15) is 21.5 Å². The Kier molecular flexibility index (Phi) is 3.43. The van der Waals surface area contributed by atoms with E-state index < -0.39 is 23.3 Å². The highest BCUT2D eigenvalue weighted by Gasteiger charge is 2.50. The molecule has 0 aromatic heterocycles. The van der Waals surface area contributed by atoms with Gasteiger partial charge in [-0.3, -0.25) is 14.9 Å². The molecule has 0 saturated carbocycles. The predicted octanol–water partition coefficient (Wildman–Crippen LogP) is 1.22. The lowest BCUT2D eigenvalue weighted by Crippen LogP contribution is -2.52. The van der Waals surface area contributed by atoms with Crippen LogP contribution in [0.3, 0.4) is 0 Å². The molecule has 8 heteroatoms. The maximum atomic E-state index is 13.3. The Bertz CT molecular complexity index is 944. The van der Waals surface area contributed by atoms with E-state index in [4.69, 9.17) is 0 Å². The van der Waals surface area contributed by atoms with E-state index in [9.17, 15) is 23.9 Å². The number of imide groups is 1. The lowest BCUT2D eigenvalue weighted by molar-refractivity contribution is -0.124. The summed E-state index contributed by atoms with van der Waals surface area (Å²) in [7, 11) is 0. The third-order valence-electron chi connectivity index (χ3n) is 4.67. The van der Waals surface area contributed by atoms with Crippen LogP contribution in [0.5, 0.6) is 5.75 Å². The fourth-order valence-electron chi connectivity index (χ4n) is 3.41. The van der Waals surface area contributed by atoms with Crippen molar-refractivity contribution in [3.05, 3.63) is 65.0 Å². The van der Waals surface area contributed by atoms with Crippen LogP contribution in [-0.4, -0.2) is 34.4 Å². The summed E-state index contributed by atoms with van der Waals surface area (Å²) in [5.41, 5.74) is -0.0746. The lowest BCUT2D eigenvalue weighted by Gasteiger charge is -2.31. The molecule has 4 rings (SSSR count). The molecule has 2 aliphatic heterocycles. The highest BCUT2D eigenvalue weighted by Crippen LogP contribution is 2.32. The third kappa shape index (κ3) is 2.38. The number of halogens is 1. The summed E-state index contributed by atoms with van der Waals surface area (Å²) in [6, 6.07) is 8.93. The summed E-state index contributed by atoms with van der Waals surface area (Å²) in [5, 5.41) is 14.4. The quantitative estimate of drug-likeness (QED) is 0.721. The lowest BCUT2D eigenvalue weighted by atomic mass is 9.89. The van der Waals surface area contributed by atoms with Crippen molar-refractivity contribution >= 4 is 17.8 Å². The van der Waals surface area contributed by atoms with Crippen molar-refractivity contribution in [3.8, 4) is 5.75 Å². The minimum Gasteiger partial charge on any atom is -0.508 e. The maximum absolute atomic E-state index is 13.3. The third-order valence-corrected chi connectivity index (χ3v) is 4.67. The van der Waals surface area contributed by atoms with Gasteiger partial charge < -0.3 is 15.3 Å². The minimum absolute atomic E-state index is 0.0403. The molecule has 1 fully saturated rings. The molecule has 0 spiro atoms. The van der Waals surface area contributed by atoms with Gasteiger partial charge in [0.05, 0.1) is 6.54 Å². The highest BCUT2D eigenvalue weighted by molar-refractivity contribution is 6.08. The first-order valence-corrected chi connectivity index (χ1v) is 7.90. The number of carbonyl (C=O) groups is 3. The van der Waals surface area contributed by atoms with Crippen LogP contribution >= 0.6 is 0 Å². The van der Waals surface area contributed by atoms with Crippen LogP contribution in [0.4, 0.5) is 9.18 Å². The SMILES string of the molecule is O=C1NC(=O)[C@@](CN2Cc3cc(O)ccc3C2=O)(c2ccc(F)cc2)N1. The van der Waals surface area contributed by atoms with Crippen molar-refractivity contribution in [2.24, 2.45) is 0 Å². The summed E-state index contributed by atoms with van der Waals surface area (Å²) < 4.78 is 13.3. The molecule has 1 saturated heterocycles. The first kappa shape index (κ1) is 16.1. The number of nitrogens with zero attached hydrogens (tertiary/aromatic N) is 1. The second-order valence-electron chi connectivity index (χ2n) is 6.32. The Hall–Kier alpha value is -3.42. The van der Waals surface area contributed by atoms with Gasteiger partial charge >= 0.3 is 6.03 Å². The van der Waals surface area contributed by atoms with Crippen LogP contribution in [0.15, 0.2) is 42.5 Å². The summed E-state index contributed by atoms with van der Waals surface area (Å²) in [5.74, 6) is -1.36. The normalized spacial score (nSPS) is 21.6. The van der Waals surface area contributed by atoms with Gasteiger partial charge in [-0.1, -0.05) is 12.1 Å². The molecular weight excluding hydrogens is 341 g/mol. The summed E-state index contributed by atoms with van der Waals surface area (Å²) in [6.07, 6.45) is 0. The highest BCUT2D eigenvalue weighted by atomic mass is 19.1. The fraction of sp³-hybridized carbons (Fsp3) is 0.167. The Balaban J connectivity index is 1.71. The monoisotopic (exact) mass is 355 g/mol. The van der Waals surface area contributed by atoms with Crippen LogP contribution in [0, 0.1) is 5.82 Å². The Labute approximate surface area is 147 Å². The topological polar surface area (TPSA) is 98.7 Å². The smallest absolute Gasteiger partial charge is 0.322 e. The molecular formula is C18H14FN3O4. The number of hydrogen-bond acceptors (Lipinski definition) is 4. The number of rotatable bonds is 3. The average Bonchev–Trinajstić information content (AvgIpc) is 3.05. The molecule has 7 nitrogen and oxygen atoms in total. The van der Waals surface area contributed by atoms with Gasteiger partial charge in [0.1, 0.15) is 11.6 Å². The molecule has 0 aliphatic carbocycles. The molecule has 0 radical (unpaired) electrons. The number of carbonyl (C=O) groups excluding carboxylic acids is 3. The largest absolute Gasteiger partial charge is 0.508 e. The molecule has 2 heterocycles. The van der Waals surface area contributed by atoms with Gasteiger partial charge in [0.2, 0.25) is 0 Å². The summed E-state index contributed by atoms with van der Waals surface area (Å²) in [4.78, 5) is 38.4. The van der Waals surface area contributed by atoms with Crippen molar-refractivity contribution in [3.63, 3.8) is 0 Å². The van der Waals surface area contributed by atoms with Crippen LogP contribution in [-0.2, 0) is 16.9 Å². The van der Waals surface area contributed by atoms with Crippen molar-refractivity contribution in [1.82, 2.24) is 15.5 Å². The number of aromatic hydroxyl groups is 1. The van der Waals surface area contributed by atoms with E-state index in [2.05, 4.69) is 10.6 Å². The molecule has 2 aliphatic rings. The van der Waals surface area contributed by atoms with Crippen LogP contribution < -0.4 is 10.6 Å². The zero-order valence-corrected chi connectivity index (χ0v) is 13.5. The van der Waals surface area contributed by atoms with E-state index in [1.54, 1.807) is 0 Å². The second-order valence-corrected chi connectivity index (χ2v) is 6.32. The van der Waals surface area contributed by atoms with E-state index in [1.807, 2.05) is 0 Å². The van der Waals surface area contributed by atoms with Crippen molar-refractivity contribution < 1.29 is 23.9 Å². The Morgan fingerprint density at radius 2 is 1.85 bits per heavy atom. The fourth-order valence-corrected chi connectivity index (χ4v) is 3.41. The van der Waals surface area contributed by atoms with E-state index in [0.29, 0.717) is 16.7 Å². The van der Waals surface area contributed by atoms with E-state index >= 15 is 0 Å². The van der Waals surface area contributed by atoms with Crippen LogP contribution in [0.25, 0.3) is 0 Å². The Morgan fingerprint density at radius 1 is 1.12 bits per heavy atom. The Morgan fingerprint density at radius 3 is 2.50 bits per heavy atom. The van der Waals surface area contributed by atoms with E-state index in [-0.39, 0.29) is 24.7 Å². The van der Waals surface area contributed by atoms with Gasteiger partial charge in [-0.25, -0.2) is 9.18 Å². The number of phenols is 1. The van der Waals surface area contributed by atoms with E-state index in [1.165, 1.54) is 47.4 Å². The first-order chi connectivity index (χ1) is 12.4. The van der Waals surface area contributed by atoms with Crippen LogP contribution in [0.2, 0.25) is 0 Å². The molecule has 4 amide bonds. The van der Waals surface area contributed by atoms with Gasteiger partial charge in [0.25, 0.3) is 11.8 Å². The van der Waals surface area contributed by atoms with Gasteiger partial charge in [-0.05, 0) is 41.5 Å². The summed E-state index contributed by atoms with van der Waals surface area (Å²) >= 11 is 0. The minimum atomic E-state index is -1.51. The number of amides is 4. The number of phenolic OH excluding ortho intramolecular Hbond substituents is 1. The number of hydrogen-bond donors (Lipinski definition) is 3. The summed E-state index contributed by atoms with van der Waals surface area (Å²) in [6.45, 7) is 0.0686. The first-order valence-electron chi connectivity index (χ1n) is 7.90. The number of benzene rings is 2. The molecule has 3 N–H and O–H groups in total. The maximum Gasteiger partial charge on any atom is 0.322 e.